The Morgan fingerprint density at radius 3 is 2.60 bits per heavy atom. The smallest absolute Gasteiger partial charge is 0.413 e. The van der Waals surface area contributed by atoms with Gasteiger partial charge in [-0.3, -0.25) is 10.1 Å². The van der Waals surface area contributed by atoms with Crippen LogP contribution in [0.15, 0.2) is 22.7 Å². The number of ether oxygens (including phenoxy) is 2. The van der Waals surface area contributed by atoms with Crippen LogP contribution in [-0.2, 0) is 14.3 Å². The maximum absolute atomic E-state index is 13.4. The number of imide groups is 1. The molecule has 108 valence electrons. The topological polar surface area (TPSA) is 81.7 Å². The van der Waals surface area contributed by atoms with Crippen LogP contribution >= 0.6 is 15.9 Å². The van der Waals surface area contributed by atoms with Crippen molar-refractivity contribution in [2.45, 2.75) is 13.0 Å². The van der Waals surface area contributed by atoms with Gasteiger partial charge < -0.3 is 9.47 Å². The molecule has 0 unspecified atom stereocenters. The number of nitrogens with one attached hydrogen (secondary N) is 1. The van der Waals surface area contributed by atoms with Gasteiger partial charge in [0.2, 0.25) is 0 Å². The Morgan fingerprint density at radius 1 is 1.35 bits per heavy atom. The summed E-state index contributed by atoms with van der Waals surface area (Å²) in [6, 6.07) is 3.72. The van der Waals surface area contributed by atoms with Gasteiger partial charge in [0.05, 0.1) is 12.7 Å². The number of amides is 2. The van der Waals surface area contributed by atoms with E-state index in [0.717, 1.165) is 13.2 Å². The van der Waals surface area contributed by atoms with E-state index in [1.54, 1.807) is 0 Å². The average molecular weight is 348 g/mol. The summed E-state index contributed by atoms with van der Waals surface area (Å²) >= 11 is 3.09. The molecular formula is C12H11BrFNO5. The van der Waals surface area contributed by atoms with Gasteiger partial charge >= 0.3 is 12.1 Å². The Bertz CT molecular complexity index is 549. The van der Waals surface area contributed by atoms with E-state index in [0.29, 0.717) is 4.47 Å². The first-order chi connectivity index (χ1) is 9.35. The van der Waals surface area contributed by atoms with Crippen molar-refractivity contribution < 1.29 is 28.2 Å². The summed E-state index contributed by atoms with van der Waals surface area (Å²) < 4.78 is 22.9. The van der Waals surface area contributed by atoms with Crippen LogP contribution in [0.5, 0.6) is 0 Å². The molecular weight excluding hydrogens is 337 g/mol. The molecule has 1 aromatic rings. The van der Waals surface area contributed by atoms with Gasteiger partial charge in [-0.1, -0.05) is 15.9 Å². The van der Waals surface area contributed by atoms with Gasteiger partial charge in [-0.05, 0) is 25.1 Å². The zero-order valence-corrected chi connectivity index (χ0v) is 12.2. The van der Waals surface area contributed by atoms with E-state index in [1.807, 2.05) is 5.32 Å². The molecule has 0 saturated carbocycles. The normalized spacial score (nSPS) is 11.4. The fourth-order valence-corrected chi connectivity index (χ4v) is 1.55. The lowest BCUT2D eigenvalue weighted by Gasteiger charge is -2.12. The Balaban J connectivity index is 2.72. The molecule has 0 bridgehead atoms. The third-order valence-electron chi connectivity index (χ3n) is 2.21. The van der Waals surface area contributed by atoms with Crippen molar-refractivity contribution in [2.75, 3.05) is 7.11 Å². The van der Waals surface area contributed by atoms with Gasteiger partial charge in [0, 0.05) is 4.47 Å². The van der Waals surface area contributed by atoms with Gasteiger partial charge in [-0.2, -0.15) is 0 Å². The molecule has 0 aliphatic carbocycles. The van der Waals surface area contributed by atoms with Crippen molar-refractivity contribution in [1.82, 2.24) is 5.32 Å². The molecule has 2 amide bonds. The van der Waals surface area contributed by atoms with Crippen LogP contribution in [-0.4, -0.2) is 31.2 Å². The lowest BCUT2D eigenvalue weighted by atomic mass is 10.2. The summed E-state index contributed by atoms with van der Waals surface area (Å²) in [5, 5.41) is 1.83. The van der Waals surface area contributed by atoms with Crippen molar-refractivity contribution in [3.05, 3.63) is 34.1 Å². The lowest BCUT2D eigenvalue weighted by molar-refractivity contribution is -0.128. The minimum absolute atomic E-state index is 0.322. The largest absolute Gasteiger partial charge is 0.453 e. The molecule has 0 fully saturated rings. The molecule has 1 rings (SSSR count). The maximum atomic E-state index is 13.4. The molecule has 0 saturated heterocycles. The number of halogens is 2. The minimum Gasteiger partial charge on any atom is -0.453 e. The van der Waals surface area contributed by atoms with Gasteiger partial charge in [0.15, 0.2) is 6.10 Å². The van der Waals surface area contributed by atoms with E-state index in [9.17, 15) is 18.8 Å². The molecule has 0 aliphatic heterocycles. The van der Waals surface area contributed by atoms with E-state index in [1.165, 1.54) is 19.1 Å². The number of esters is 1. The van der Waals surface area contributed by atoms with E-state index in [2.05, 4.69) is 20.7 Å². The fourth-order valence-electron chi connectivity index (χ4n) is 1.18. The molecule has 0 radical (unpaired) electrons. The van der Waals surface area contributed by atoms with Crippen LogP contribution in [0.25, 0.3) is 0 Å². The number of hydrogen-bond donors (Lipinski definition) is 1. The van der Waals surface area contributed by atoms with E-state index in [-0.39, 0.29) is 5.56 Å². The van der Waals surface area contributed by atoms with Crippen molar-refractivity contribution in [2.24, 2.45) is 0 Å². The summed E-state index contributed by atoms with van der Waals surface area (Å²) in [6.45, 7) is 1.24. The molecule has 6 nitrogen and oxygen atoms in total. The molecule has 1 aromatic carbocycles. The number of carbonyl (C=O) groups is 3. The molecule has 1 N–H and O–H groups in total. The summed E-state index contributed by atoms with van der Waals surface area (Å²) in [6.07, 6.45) is -2.26. The Kier molecular flexibility index (Phi) is 5.63. The molecule has 20 heavy (non-hydrogen) atoms. The van der Waals surface area contributed by atoms with Crippen LogP contribution in [0.1, 0.15) is 17.3 Å². The second-order valence-electron chi connectivity index (χ2n) is 3.65. The highest BCUT2D eigenvalue weighted by Gasteiger charge is 2.22. The highest BCUT2D eigenvalue weighted by Crippen LogP contribution is 2.17. The predicted octanol–water partition coefficient (Wildman–Crippen LogP) is 2.02. The predicted molar refractivity (Wildman–Crippen MR) is 69.5 cm³/mol. The number of carbonyl (C=O) groups excluding carboxylic acids is 3. The first kappa shape index (κ1) is 16.1. The maximum Gasteiger partial charge on any atom is 0.413 e. The van der Waals surface area contributed by atoms with Crippen LogP contribution in [0.3, 0.4) is 0 Å². The summed E-state index contributed by atoms with van der Waals surface area (Å²) in [5.74, 6) is -2.67. The Hall–Kier alpha value is -1.96. The molecule has 1 atom stereocenters. The molecule has 0 aromatic heterocycles. The second-order valence-corrected chi connectivity index (χ2v) is 4.57. The van der Waals surface area contributed by atoms with E-state index < -0.39 is 29.9 Å². The van der Waals surface area contributed by atoms with Crippen molar-refractivity contribution >= 4 is 33.9 Å². The fraction of sp³-hybridized carbons (Fsp3) is 0.250. The van der Waals surface area contributed by atoms with Crippen molar-refractivity contribution in [3.63, 3.8) is 0 Å². The zero-order valence-electron chi connectivity index (χ0n) is 10.6. The molecule has 0 aliphatic rings. The van der Waals surface area contributed by atoms with Crippen LogP contribution in [0, 0.1) is 5.82 Å². The van der Waals surface area contributed by atoms with Gasteiger partial charge in [-0.25, -0.2) is 14.0 Å². The number of alkyl carbamates (subject to hydrolysis) is 1. The summed E-state index contributed by atoms with van der Waals surface area (Å²) in [4.78, 5) is 34.0. The molecule has 8 heteroatoms. The monoisotopic (exact) mass is 347 g/mol. The lowest BCUT2D eigenvalue weighted by Crippen LogP contribution is -2.39. The Morgan fingerprint density at radius 2 is 2.00 bits per heavy atom. The third kappa shape index (κ3) is 4.30. The van der Waals surface area contributed by atoms with Crippen LogP contribution in [0.2, 0.25) is 0 Å². The van der Waals surface area contributed by atoms with Crippen LogP contribution < -0.4 is 5.32 Å². The second kappa shape index (κ2) is 6.99. The molecule has 0 heterocycles. The summed E-state index contributed by atoms with van der Waals surface area (Å²) in [7, 11) is 1.08. The average Bonchev–Trinajstić information content (AvgIpc) is 2.40. The van der Waals surface area contributed by atoms with Gasteiger partial charge in [-0.15, -0.1) is 0 Å². The van der Waals surface area contributed by atoms with Gasteiger partial charge in [0.25, 0.3) is 5.91 Å². The van der Waals surface area contributed by atoms with Crippen molar-refractivity contribution in [1.29, 1.82) is 0 Å². The standard InChI is InChI=1S/C12H11BrFNO5/c1-6(10(16)15-12(18)19-2)20-11(17)8-5-7(13)3-4-9(8)14/h3-6H,1-2H3,(H,15,16,18)/t6-/m1/s1. The van der Waals surface area contributed by atoms with Gasteiger partial charge in [0.1, 0.15) is 5.82 Å². The third-order valence-corrected chi connectivity index (χ3v) is 2.71. The number of benzene rings is 1. The number of hydrogen-bond acceptors (Lipinski definition) is 5. The quantitative estimate of drug-likeness (QED) is 0.846. The molecule has 0 spiro atoms. The number of rotatable bonds is 3. The first-order valence-corrected chi connectivity index (χ1v) is 6.19. The number of methoxy groups -OCH3 is 1. The van der Waals surface area contributed by atoms with Crippen LogP contribution in [0.4, 0.5) is 9.18 Å². The zero-order chi connectivity index (χ0) is 15.3. The van der Waals surface area contributed by atoms with E-state index >= 15 is 0 Å². The SMILES string of the molecule is COC(=O)NC(=O)[C@@H](C)OC(=O)c1cc(Br)ccc1F. The first-order valence-electron chi connectivity index (χ1n) is 5.40. The highest BCUT2D eigenvalue weighted by atomic mass is 79.9. The van der Waals surface area contributed by atoms with Crippen molar-refractivity contribution in [3.8, 4) is 0 Å². The summed E-state index contributed by atoms with van der Waals surface area (Å²) in [5.41, 5.74) is -0.322. The van der Waals surface area contributed by atoms with E-state index in [4.69, 9.17) is 4.74 Å². The Labute approximate surface area is 122 Å². The highest BCUT2D eigenvalue weighted by molar-refractivity contribution is 9.10. The minimum atomic E-state index is -1.28.